The van der Waals surface area contributed by atoms with E-state index in [4.69, 9.17) is 39.5 Å². The molecule has 0 saturated heterocycles. The zero-order chi connectivity index (χ0) is 10.3. The molecule has 0 bridgehead atoms. The van der Waals surface area contributed by atoms with Crippen molar-refractivity contribution in [3.8, 4) is 0 Å². The van der Waals surface area contributed by atoms with Crippen LogP contribution in [0.2, 0.25) is 0 Å². The van der Waals surface area contributed by atoms with Gasteiger partial charge in [0.2, 0.25) is 10.2 Å². The predicted octanol–water partition coefficient (Wildman–Crippen LogP) is 2.25. The summed E-state index contributed by atoms with van der Waals surface area (Å²) in [5.74, 6) is 0. The van der Waals surface area contributed by atoms with E-state index in [9.17, 15) is 4.79 Å². The number of ether oxygens (including phenoxy) is 1. The van der Waals surface area contributed by atoms with Crippen LogP contribution in [-0.2, 0) is 9.53 Å². The van der Waals surface area contributed by atoms with Crippen LogP contribution >= 0.6 is 34.8 Å². The Bertz CT molecular complexity index is 149. The Morgan fingerprint density at radius 3 is 2.54 bits per heavy atom. The predicted molar refractivity (Wildman–Crippen MR) is 54.1 cm³/mol. The second-order valence-corrected chi connectivity index (χ2v) is 4.80. The molecule has 0 fully saturated rings. The molecule has 1 amide bonds. The van der Waals surface area contributed by atoms with Crippen LogP contribution < -0.4 is 5.32 Å². The average molecular weight is 249 g/mol. The molecule has 0 aliphatic carbocycles. The Morgan fingerprint density at radius 2 is 2.15 bits per heavy atom. The van der Waals surface area contributed by atoms with Crippen LogP contribution in [0.5, 0.6) is 0 Å². The topological polar surface area (TPSA) is 38.3 Å². The number of halogens is 3. The molecular weight excluding hydrogens is 236 g/mol. The molecule has 0 radical (unpaired) electrons. The SMILES string of the molecule is CCCCOC(NC=O)C(Cl)(Cl)Cl. The van der Waals surface area contributed by atoms with Gasteiger partial charge in [0, 0.05) is 6.61 Å². The summed E-state index contributed by atoms with van der Waals surface area (Å²) in [5, 5.41) is 2.28. The van der Waals surface area contributed by atoms with E-state index in [1.165, 1.54) is 0 Å². The van der Waals surface area contributed by atoms with E-state index in [0.29, 0.717) is 13.0 Å². The summed E-state index contributed by atoms with van der Waals surface area (Å²) in [6.07, 6.45) is 1.39. The van der Waals surface area contributed by atoms with Crippen LogP contribution in [0.1, 0.15) is 19.8 Å². The number of carbonyl (C=O) groups excluding carboxylic acids is 1. The summed E-state index contributed by atoms with van der Waals surface area (Å²) < 4.78 is 3.52. The molecule has 0 rings (SSSR count). The van der Waals surface area contributed by atoms with Gasteiger partial charge in [0.15, 0.2) is 6.23 Å². The summed E-state index contributed by atoms with van der Waals surface area (Å²) in [7, 11) is 0. The van der Waals surface area contributed by atoms with Crippen molar-refractivity contribution in [1.29, 1.82) is 0 Å². The number of nitrogens with one attached hydrogen (secondary N) is 1. The fourth-order valence-corrected chi connectivity index (χ4v) is 1.02. The van der Waals surface area contributed by atoms with E-state index in [2.05, 4.69) is 5.32 Å². The van der Waals surface area contributed by atoms with Crippen LogP contribution in [0.4, 0.5) is 0 Å². The molecule has 0 aromatic heterocycles. The van der Waals surface area contributed by atoms with Crippen molar-refractivity contribution >= 4 is 41.2 Å². The van der Waals surface area contributed by atoms with E-state index >= 15 is 0 Å². The van der Waals surface area contributed by atoms with Crippen molar-refractivity contribution in [3.63, 3.8) is 0 Å². The molecule has 78 valence electrons. The minimum absolute atomic E-state index is 0.443. The Kier molecular flexibility index (Phi) is 6.86. The van der Waals surface area contributed by atoms with Crippen molar-refractivity contribution in [3.05, 3.63) is 0 Å². The van der Waals surface area contributed by atoms with Crippen molar-refractivity contribution in [2.24, 2.45) is 0 Å². The third kappa shape index (κ3) is 6.38. The fourth-order valence-electron chi connectivity index (χ4n) is 0.644. The van der Waals surface area contributed by atoms with E-state index in [0.717, 1.165) is 12.8 Å². The van der Waals surface area contributed by atoms with Crippen LogP contribution in [0, 0.1) is 0 Å². The lowest BCUT2D eigenvalue weighted by Crippen LogP contribution is -2.42. The second-order valence-electron chi connectivity index (χ2n) is 2.43. The first-order valence-electron chi connectivity index (χ1n) is 3.90. The lowest BCUT2D eigenvalue weighted by molar-refractivity contribution is -0.113. The Hall–Kier alpha value is 0.300. The van der Waals surface area contributed by atoms with Crippen LogP contribution in [-0.4, -0.2) is 23.0 Å². The number of unbranched alkanes of at least 4 members (excludes halogenated alkanes) is 1. The van der Waals surface area contributed by atoms with Gasteiger partial charge in [-0.25, -0.2) is 0 Å². The smallest absolute Gasteiger partial charge is 0.234 e. The third-order valence-electron chi connectivity index (χ3n) is 1.30. The van der Waals surface area contributed by atoms with E-state index in [1.54, 1.807) is 0 Å². The normalized spacial score (nSPS) is 13.8. The average Bonchev–Trinajstić information content (AvgIpc) is 2.01. The van der Waals surface area contributed by atoms with Gasteiger partial charge in [-0.2, -0.15) is 0 Å². The number of alkyl halides is 3. The zero-order valence-electron chi connectivity index (χ0n) is 7.23. The van der Waals surface area contributed by atoms with Gasteiger partial charge in [-0.05, 0) is 6.42 Å². The van der Waals surface area contributed by atoms with Crippen molar-refractivity contribution < 1.29 is 9.53 Å². The van der Waals surface area contributed by atoms with E-state index < -0.39 is 10.0 Å². The molecule has 1 unspecified atom stereocenters. The monoisotopic (exact) mass is 247 g/mol. The van der Waals surface area contributed by atoms with Gasteiger partial charge >= 0.3 is 0 Å². The van der Waals surface area contributed by atoms with Gasteiger partial charge in [0.25, 0.3) is 0 Å². The zero-order valence-corrected chi connectivity index (χ0v) is 9.49. The van der Waals surface area contributed by atoms with Gasteiger partial charge < -0.3 is 10.1 Å². The lowest BCUT2D eigenvalue weighted by Gasteiger charge is -2.23. The minimum Gasteiger partial charge on any atom is -0.354 e. The highest BCUT2D eigenvalue weighted by Gasteiger charge is 2.33. The standard InChI is InChI=1S/C7H12Cl3NO2/c1-2-3-4-13-6(11-5-12)7(8,9)10/h5-6H,2-4H2,1H3,(H,11,12). The molecule has 0 aromatic carbocycles. The first kappa shape index (κ1) is 13.3. The summed E-state index contributed by atoms with van der Waals surface area (Å²) >= 11 is 16.6. The second kappa shape index (κ2) is 6.71. The Balaban J connectivity index is 3.87. The highest BCUT2D eigenvalue weighted by molar-refractivity contribution is 6.68. The van der Waals surface area contributed by atoms with E-state index in [-0.39, 0.29) is 0 Å². The van der Waals surface area contributed by atoms with Crippen LogP contribution in [0.15, 0.2) is 0 Å². The number of amides is 1. The summed E-state index contributed by atoms with van der Waals surface area (Å²) in [4.78, 5) is 10.1. The molecular formula is C7H12Cl3NO2. The first-order chi connectivity index (χ1) is 6.02. The highest BCUT2D eigenvalue weighted by atomic mass is 35.6. The maximum absolute atomic E-state index is 10.1. The highest BCUT2D eigenvalue weighted by Crippen LogP contribution is 2.30. The third-order valence-corrected chi connectivity index (χ3v) is 1.89. The van der Waals surface area contributed by atoms with Crippen molar-refractivity contribution in [2.75, 3.05) is 6.61 Å². The Morgan fingerprint density at radius 1 is 1.54 bits per heavy atom. The summed E-state index contributed by atoms with van der Waals surface area (Å²) in [6.45, 7) is 2.47. The molecule has 1 N–H and O–H groups in total. The maximum Gasteiger partial charge on any atom is 0.234 e. The van der Waals surface area contributed by atoms with Crippen molar-refractivity contribution in [1.82, 2.24) is 5.32 Å². The molecule has 0 heterocycles. The van der Waals surface area contributed by atoms with Crippen LogP contribution in [0.3, 0.4) is 0 Å². The van der Waals surface area contributed by atoms with Gasteiger partial charge in [-0.15, -0.1) is 0 Å². The lowest BCUT2D eigenvalue weighted by atomic mass is 10.4. The van der Waals surface area contributed by atoms with Gasteiger partial charge in [-0.3, -0.25) is 4.79 Å². The number of carbonyl (C=O) groups is 1. The van der Waals surface area contributed by atoms with E-state index in [1.807, 2.05) is 6.92 Å². The molecule has 0 aliphatic heterocycles. The minimum atomic E-state index is -1.63. The Labute approximate surface area is 92.7 Å². The molecule has 3 nitrogen and oxygen atoms in total. The van der Waals surface area contributed by atoms with Gasteiger partial charge in [-0.1, -0.05) is 48.1 Å². The molecule has 6 heteroatoms. The summed E-state index contributed by atoms with van der Waals surface area (Å²) in [5.41, 5.74) is 0. The molecule has 0 aliphatic rings. The molecule has 13 heavy (non-hydrogen) atoms. The fraction of sp³-hybridized carbons (Fsp3) is 0.857. The van der Waals surface area contributed by atoms with Crippen molar-refractivity contribution in [2.45, 2.75) is 29.8 Å². The number of hydrogen-bond acceptors (Lipinski definition) is 2. The molecule has 1 atom stereocenters. The molecule has 0 saturated carbocycles. The van der Waals surface area contributed by atoms with Gasteiger partial charge in [0.1, 0.15) is 0 Å². The molecule has 0 spiro atoms. The maximum atomic E-state index is 10.1. The first-order valence-corrected chi connectivity index (χ1v) is 5.03. The van der Waals surface area contributed by atoms with Gasteiger partial charge in [0.05, 0.1) is 0 Å². The quantitative estimate of drug-likeness (QED) is 0.339. The largest absolute Gasteiger partial charge is 0.354 e. The summed E-state index contributed by atoms with van der Waals surface area (Å²) in [6, 6.07) is 0. The van der Waals surface area contributed by atoms with Crippen LogP contribution in [0.25, 0.3) is 0 Å². The number of rotatable bonds is 6. The number of hydrogen-bond donors (Lipinski definition) is 1. The molecule has 0 aromatic rings.